The molecular formula is C24H28FN5O2. The van der Waals surface area contributed by atoms with Gasteiger partial charge < -0.3 is 15.7 Å². The van der Waals surface area contributed by atoms with E-state index >= 15 is 0 Å². The lowest BCUT2D eigenvalue weighted by molar-refractivity contribution is 0.0947. The van der Waals surface area contributed by atoms with Crippen LogP contribution >= 0.6 is 0 Å². The number of anilines is 1. The molecule has 1 aliphatic rings. The number of nitrogens with zero attached hydrogens (tertiary/aromatic N) is 3. The van der Waals surface area contributed by atoms with Crippen LogP contribution in [0.25, 0.3) is 22.3 Å². The van der Waals surface area contributed by atoms with E-state index in [1.807, 2.05) is 40.1 Å². The Kier molecular flexibility index (Phi) is 5.73. The lowest BCUT2D eigenvalue weighted by Crippen LogP contribution is -2.35. The van der Waals surface area contributed by atoms with Gasteiger partial charge in [0.05, 0.1) is 23.9 Å². The number of benzene rings is 1. The summed E-state index contributed by atoms with van der Waals surface area (Å²) < 4.78 is 16.3. The Bertz CT molecular complexity index is 1170. The number of carbonyl (C=O) groups is 1. The second kappa shape index (κ2) is 8.35. The van der Waals surface area contributed by atoms with Gasteiger partial charge in [-0.25, -0.2) is 9.37 Å². The van der Waals surface area contributed by atoms with E-state index in [4.69, 9.17) is 0 Å². The fourth-order valence-electron chi connectivity index (χ4n) is 3.50. The minimum atomic E-state index is -0.578. The molecule has 0 radical (unpaired) electrons. The lowest BCUT2D eigenvalue weighted by Gasteiger charge is -2.26. The molecule has 168 valence electrons. The number of aromatic nitrogens is 3. The number of pyridine rings is 1. The molecule has 1 aromatic carbocycles. The first-order valence-electron chi connectivity index (χ1n) is 10.7. The third kappa shape index (κ3) is 4.65. The van der Waals surface area contributed by atoms with Crippen LogP contribution in [0.15, 0.2) is 36.8 Å². The second-order valence-electron chi connectivity index (χ2n) is 9.08. The van der Waals surface area contributed by atoms with Crippen LogP contribution in [0.4, 0.5) is 10.2 Å². The molecule has 1 amide bonds. The molecule has 32 heavy (non-hydrogen) atoms. The van der Waals surface area contributed by atoms with Gasteiger partial charge in [0, 0.05) is 42.2 Å². The van der Waals surface area contributed by atoms with E-state index in [0.717, 1.165) is 35.1 Å². The predicted molar refractivity (Wildman–Crippen MR) is 122 cm³/mol. The summed E-state index contributed by atoms with van der Waals surface area (Å²) in [4.78, 5) is 17.2. The van der Waals surface area contributed by atoms with E-state index in [2.05, 4.69) is 20.7 Å². The third-order valence-corrected chi connectivity index (χ3v) is 5.54. The molecule has 7 nitrogen and oxygen atoms in total. The number of carbonyl (C=O) groups excluding carboxylic acids is 1. The van der Waals surface area contributed by atoms with E-state index in [0.29, 0.717) is 11.4 Å². The van der Waals surface area contributed by atoms with Gasteiger partial charge in [0.1, 0.15) is 11.6 Å². The zero-order valence-corrected chi connectivity index (χ0v) is 18.7. The average Bonchev–Trinajstić information content (AvgIpc) is 3.45. The Morgan fingerprint density at radius 2 is 1.97 bits per heavy atom. The average molecular weight is 438 g/mol. The third-order valence-electron chi connectivity index (χ3n) is 5.54. The van der Waals surface area contributed by atoms with Crippen LogP contribution in [-0.2, 0) is 7.05 Å². The summed E-state index contributed by atoms with van der Waals surface area (Å²) in [7, 11) is 1.83. The summed E-state index contributed by atoms with van der Waals surface area (Å²) in [5.74, 6) is -0.324. The van der Waals surface area contributed by atoms with Crippen molar-refractivity contribution >= 4 is 11.7 Å². The quantitative estimate of drug-likeness (QED) is 0.525. The van der Waals surface area contributed by atoms with Crippen LogP contribution in [0.1, 0.15) is 42.6 Å². The van der Waals surface area contributed by atoms with Gasteiger partial charge in [-0.1, -0.05) is 0 Å². The number of nitrogens with one attached hydrogen (secondary N) is 2. The van der Waals surface area contributed by atoms with Crippen molar-refractivity contribution in [1.29, 1.82) is 0 Å². The monoisotopic (exact) mass is 437 g/mol. The largest absolute Gasteiger partial charge is 0.394 e. The Labute approximate surface area is 186 Å². The molecule has 1 fully saturated rings. The van der Waals surface area contributed by atoms with Gasteiger partial charge in [0.25, 0.3) is 5.91 Å². The first kappa shape index (κ1) is 22.0. The Morgan fingerprint density at radius 3 is 2.59 bits per heavy atom. The summed E-state index contributed by atoms with van der Waals surface area (Å²) in [6, 6.07) is 5.08. The minimum absolute atomic E-state index is 0.0315. The lowest BCUT2D eigenvalue weighted by atomic mass is 9.96. The minimum Gasteiger partial charge on any atom is -0.394 e. The first-order valence-corrected chi connectivity index (χ1v) is 10.7. The number of amides is 1. The molecule has 3 aromatic rings. The van der Waals surface area contributed by atoms with Gasteiger partial charge in [-0.3, -0.25) is 9.48 Å². The van der Waals surface area contributed by atoms with Crippen LogP contribution in [0.3, 0.4) is 0 Å². The number of aliphatic hydroxyl groups excluding tert-OH is 1. The van der Waals surface area contributed by atoms with Crippen LogP contribution in [0, 0.1) is 12.7 Å². The number of rotatable bonds is 7. The SMILES string of the molecule is Cc1cc(F)c(C(=O)NC2CC2)cc1-c1cnc(NC(C)(C)CO)c(-c2cnn(C)c2)c1. The smallest absolute Gasteiger partial charge is 0.254 e. The van der Waals surface area contributed by atoms with E-state index in [1.165, 1.54) is 6.07 Å². The zero-order chi connectivity index (χ0) is 23.0. The van der Waals surface area contributed by atoms with Crippen molar-refractivity contribution in [3.63, 3.8) is 0 Å². The molecule has 3 N–H and O–H groups in total. The second-order valence-corrected chi connectivity index (χ2v) is 9.08. The zero-order valence-electron chi connectivity index (χ0n) is 18.7. The number of hydrogen-bond donors (Lipinski definition) is 3. The van der Waals surface area contributed by atoms with Gasteiger partial charge in [-0.05, 0) is 62.9 Å². The molecule has 0 unspecified atom stereocenters. The van der Waals surface area contributed by atoms with Crippen LogP contribution in [0.2, 0.25) is 0 Å². The molecule has 0 atom stereocenters. The van der Waals surface area contributed by atoms with Crippen molar-refractivity contribution in [1.82, 2.24) is 20.1 Å². The van der Waals surface area contributed by atoms with Gasteiger partial charge in [-0.2, -0.15) is 5.10 Å². The Morgan fingerprint density at radius 1 is 1.22 bits per heavy atom. The van der Waals surface area contributed by atoms with E-state index in [-0.39, 0.29) is 18.2 Å². The van der Waals surface area contributed by atoms with E-state index in [9.17, 15) is 14.3 Å². The summed E-state index contributed by atoms with van der Waals surface area (Å²) in [6.07, 6.45) is 7.18. The summed E-state index contributed by atoms with van der Waals surface area (Å²) >= 11 is 0. The van der Waals surface area contributed by atoms with E-state index < -0.39 is 17.3 Å². The molecule has 0 aliphatic heterocycles. The molecule has 1 aliphatic carbocycles. The fraction of sp³-hybridized carbons (Fsp3) is 0.375. The number of halogens is 1. The topological polar surface area (TPSA) is 92.1 Å². The first-order chi connectivity index (χ1) is 15.2. The van der Waals surface area contributed by atoms with Gasteiger partial charge in [-0.15, -0.1) is 0 Å². The molecule has 0 saturated heterocycles. The maximum atomic E-state index is 14.6. The molecule has 2 heterocycles. The van der Waals surface area contributed by atoms with Crippen LogP contribution in [0.5, 0.6) is 0 Å². The molecule has 1 saturated carbocycles. The maximum Gasteiger partial charge on any atom is 0.254 e. The van der Waals surface area contributed by atoms with Crippen LogP contribution in [-0.4, -0.2) is 44.0 Å². The van der Waals surface area contributed by atoms with Gasteiger partial charge in [0.15, 0.2) is 0 Å². The Balaban J connectivity index is 1.79. The van der Waals surface area contributed by atoms with E-state index in [1.54, 1.807) is 23.1 Å². The van der Waals surface area contributed by atoms with Crippen molar-refractivity contribution in [2.75, 3.05) is 11.9 Å². The fourth-order valence-corrected chi connectivity index (χ4v) is 3.50. The molecule has 0 spiro atoms. The molecule has 4 rings (SSSR count). The van der Waals surface area contributed by atoms with Crippen molar-refractivity contribution in [2.45, 2.75) is 45.2 Å². The van der Waals surface area contributed by atoms with Crippen molar-refractivity contribution in [3.05, 3.63) is 53.7 Å². The van der Waals surface area contributed by atoms with Crippen molar-refractivity contribution in [2.24, 2.45) is 7.05 Å². The predicted octanol–water partition coefficient (Wildman–Crippen LogP) is 3.67. The van der Waals surface area contributed by atoms with Crippen molar-refractivity contribution in [3.8, 4) is 22.3 Å². The standard InChI is InChI=1S/C24H28FN5O2/c1-14-7-21(25)20(23(32)28-17-5-6-17)9-18(14)15-8-19(16-11-27-30(4)12-16)22(26-10-15)29-24(2,3)13-31/h7-12,17,31H,5-6,13H2,1-4H3,(H,26,29)(H,28,32). The number of hydrogen-bond acceptors (Lipinski definition) is 5. The van der Waals surface area contributed by atoms with Gasteiger partial charge in [0.2, 0.25) is 0 Å². The van der Waals surface area contributed by atoms with Crippen molar-refractivity contribution < 1.29 is 14.3 Å². The van der Waals surface area contributed by atoms with Gasteiger partial charge >= 0.3 is 0 Å². The normalized spacial score (nSPS) is 13.8. The molecular weight excluding hydrogens is 409 g/mol. The highest BCUT2D eigenvalue weighted by molar-refractivity contribution is 5.96. The Hall–Kier alpha value is -3.26. The number of aryl methyl sites for hydroxylation is 2. The molecule has 2 aromatic heterocycles. The summed E-state index contributed by atoms with van der Waals surface area (Å²) in [5.41, 5.74) is 3.30. The highest BCUT2D eigenvalue weighted by atomic mass is 19.1. The molecule has 0 bridgehead atoms. The molecule has 8 heteroatoms. The summed E-state index contributed by atoms with van der Waals surface area (Å²) in [5, 5.41) is 20.1. The number of aliphatic hydroxyl groups is 1. The highest BCUT2D eigenvalue weighted by Crippen LogP contribution is 2.34. The maximum absolute atomic E-state index is 14.6. The summed E-state index contributed by atoms with van der Waals surface area (Å²) in [6.45, 7) is 5.50. The highest BCUT2D eigenvalue weighted by Gasteiger charge is 2.26. The van der Waals surface area contributed by atoms with Crippen LogP contribution < -0.4 is 10.6 Å².